The predicted molar refractivity (Wildman–Crippen MR) is 52.1 cm³/mol. The van der Waals surface area contributed by atoms with Crippen LogP contribution in [0.15, 0.2) is 0 Å². The van der Waals surface area contributed by atoms with Gasteiger partial charge in [-0.1, -0.05) is 4.32 Å². The van der Waals surface area contributed by atoms with E-state index in [2.05, 4.69) is 27.7 Å². The van der Waals surface area contributed by atoms with Gasteiger partial charge in [-0.25, -0.2) is 0 Å². The minimum absolute atomic E-state index is 0. The molecule has 11 heavy (non-hydrogen) atoms. The summed E-state index contributed by atoms with van der Waals surface area (Å²) in [6, 6.07) is 0. The second-order valence-corrected chi connectivity index (χ2v) is 4.21. The average molecular weight is 199 g/mol. The molecule has 0 atom stereocenters. The van der Waals surface area contributed by atoms with Crippen molar-refractivity contribution in [3.05, 3.63) is 0 Å². The fourth-order valence-electron chi connectivity index (χ4n) is 0.877. The van der Waals surface area contributed by atoms with Crippen LogP contribution in [0.25, 0.3) is 0 Å². The van der Waals surface area contributed by atoms with Crippen LogP contribution in [-0.2, 0) is 12.6 Å². The third-order valence-corrected chi connectivity index (χ3v) is 1.79. The van der Waals surface area contributed by atoms with E-state index in [1.807, 2.05) is 4.90 Å². The summed E-state index contributed by atoms with van der Waals surface area (Å²) in [6.07, 6.45) is 0. The summed E-state index contributed by atoms with van der Waals surface area (Å²) in [7, 11) is 0. The van der Waals surface area contributed by atoms with Crippen molar-refractivity contribution in [2.75, 3.05) is 6.54 Å². The Morgan fingerprint density at radius 3 is 1.82 bits per heavy atom. The van der Waals surface area contributed by atoms with Gasteiger partial charge >= 0.3 is 29.6 Å². The summed E-state index contributed by atoms with van der Waals surface area (Å²) in [5.41, 5.74) is 0.0770. The van der Waals surface area contributed by atoms with E-state index in [-0.39, 0.29) is 35.1 Å². The Labute approximate surface area is 103 Å². The molecule has 60 valence electrons. The van der Waals surface area contributed by atoms with Crippen molar-refractivity contribution >= 4 is 29.2 Å². The summed E-state index contributed by atoms with van der Waals surface area (Å²) in [5.74, 6) is 0. The van der Waals surface area contributed by atoms with E-state index in [1.165, 1.54) is 0 Å². The van der Waals surface area contributed by atoms with Gasteiger partial charge < -0.3 is 29.7 Å². The van der Waals surface area contributed by atoms with Crippen LogP contribution in [0.4, 0.5) is 0 Å². The molecule has 0 unspecified atom stereocenters. The molecule has 0 bridgehead atoms. The van der Waals surface area contributed by atoms with Gasteiger partial charge in [0, 0.05) is 12.1 Å². The van der Waals surface area contributed by atoms with Crippen molar-refractivity contribution < 1.29 is 29.6 Å². The molecule has 0 aromatic carbocycles. The largest absolute Gasteiger partial charge is 1.00 e. The first kappa shape index (κ1) is 14.6. The summed E-state index contributed by atoms with van der Waals surface area (Å²) in [4.78, 5) is 2.03. The molecule has 0 radical (unpaired) electrons. The van der Waals surface area contributed by atoms with Gasteiger partial charge in [-0.15, -0.1) is 0 Å². The van der Waals surface area contributed by atoms with Crippen molar-refractivity contribution in [2.45, 2.75) is 33.2 Å². The molecule has 0 saturated carbocycles. The second-order valence-electron chi connectivity index (χ2n) is 3.18. The molecular formula is C7H14NNaS2. The molecular weight excluding hydrogens is 185 g/mol. The molecule has 0 aliphatic rings. The maximum absolute atomic E-state index is 4.90. The molecule has 0 rings (SSSR count). The molecule has 0 fully saturated rings. The van der Waals surface area contributed by atoms with Gasteiger partial charge in [-0.3, -0.25) is 0 Å². The van der Waals surface area contributed by atoms with E-state index in [0.717, 1.165) is 6.54 Å². The zero-order valence-electron chi connectivity index (χ0n) is 7.97. The monoisotopic (exact) mass is 199 g/mol. The first-order valence-electron chi connectivity index (χ1n) is 3.38. The maximum Gasteiger partial charge on any atom is 1.00 e. The molecule has 0 aliphatic carbocycles. The zero-order valence-corrected chi connectivity index (χ0v) is 11.6. The topological polar surface area (TPSA) is 3.24 Å². The molecule has 0 saturated heterocycles. The first-order chi connectivity index (χ1) is 4.39. The smallest absolute Gasteiger partial charge is 0.411 e. The Hall–Kier alpha value is 1.11. The maximum atomic E-state index is 4.90. The van der Waals surface area contributed by atoms with Gasteiger partial charge in [-0.05, 0) is 27.7 Å². The number of nitrogens with zero attached hydrogens (tertiary/aromatic N) is 1. The van der Waals surface area contributed by atoms with Gasteiger partial charge in [-0.2, -0.15) is 0 Å². The number of hydrogen-bond donors (Lipinski definition) is 0. The van der Waals surface area contributed by atoms with Crippen LogP contribution in [0.2, 0.25) is 0 Å². The van der Waals surface area contributed by atoms with Crippen LogP contribution >= 0.6 is 12.2 Å². The molecule has 0 N–H and O–H groups in total. The standard InChI is InChI=1S/C7H15NS2.Na/c1-5-8(6(9)10)7(2,3)4;/h5H2,1-4H3,(H,9,10);/q;+1/p-1. The Morgan fingerprint density at radius 1 is 1.45 bits per heavy atom. The van der Waals surface area contributed by atoms with Gasteiger partial charge in [0.1, 0.15) is 0 Å². The van der Waals surface area contributed by atoms with Crippen molar-refractivity contribution in [1.82, 2.24) is 4.90 Å². The van der Waals surface area contributed by atoms with E-state index < -0.39 is 0 Å². The Balaban J connectivity index is 0. The fourth-order valence-corrected chi connectivity index (χ4v) is 1.68. The van der Waals surface area contributed by atoms with Gasteiger partial charge in [0.05, 0.1) is 0 Å². The number of thiocarbonyl (C=S) groups is 1. The Bertz CT molecular complexity index is 131. The fraction of sp³-hybridized carbons (Fsp3) is 0.857. The van der Waals surface area contributed by atoms with Gasteiger partial charge in [0.2, 0.25) is 0 Å². The molecule has 0 aliphatic heterocycles. The molecule has 4 heteroatoms. The molecule has 0 spiro atoms. The van der Waals surface area contributed by atoms with Crippen LogP contribution in [0.1, 0.15) is 27.7 Å². The van der Waals surface area contributed by atoms with Crippen LogP contribution in [0.5, 0.6) is 0 Å². The summed E-state index contributed by atoms with van der Waals surface area (Å²) in [6.45, 7) is 9.27. The predicted octanol–water partition coefficient (Wildman–Crippen LogP) is -1.06. The number of hydrogen-bond acceptors (Lipinski definition) is 2. The van der Waals surface area contributed by atoms with Crippen LogP contribution < -0.4 is 29.6 Å². The van der Waals surface area contributed by atoms with Crippen molar-refractivity contribution in [3.8, 4) is 0 Å². The Morgan fingerprint density at radius 2 is 1.82 bits per heavy atom. The molecule has 0 aromatic rings. The summed E-state index contributed by atoms with van der Waals surface area (Å²) < 4.78 is 0.565. The van der Waals surface area contributed by atoms with Crippen molar-refractivity contribution in [2.24, 2.45) is 0 Å². The van der Waals surface area contributed by atoms with Crippen molar-refractivity contribution in [3.63, 3.8) is 0 Å². The third kappa shape index (κ3) is 5.36. The van der Waals surface area contributed by atoms with E-state index in [9.17, 15) is 0 Å². The van der Waals surface area contributed by atoms with E-state index in [1.54, 1.807) is 0 Å². The normalized spacial score (nSPS) is 10.2. The SMILES string of the molecule is CCN(C(=S)[S-])C(C)(C)C.[Na+]. The van der Waals surface area contributed by atoms with Crippen LogP contribution in [0, 0.1) is 0 Å². The average Bonchev–Trinajstić information content (AvgIpc) is 1.60. The molecule has 0 heterocycles. The van der Waals surface area contributed by atoms with Gasteiger partial charge in [0.15, 0.2) is 0 Å². The van der Waals surface area contributed by atoms with Crippen LogP contribution in [0.3, 0.4) is 0 Å². The zero-order chi connectivity index (χ0) is 8.36. The van der Waals surface area contributed by atoms with Crippen LogP contribution in [-0.4, -0.2) is 21.3 Å². The molecule has 0 aromatic heterocycles. The van der Waals surface area contributed by atoms with E-state index in [4.69, 9.17) is 24.8 Å². The Kier molecular flexibility index (Phi) is 7.58. The van der Waals surface area contributed by atoms with Crippen molar-refractivity contribution in [1.29, 1.82) is 0 Å². The quantitative estimate of drug-likeness (QED) is 0.301. The van der Waals surface area contributed by atoms with E-state index >= 15 is 0 Å². The minimum atomic E-state index is 0. The minimum Gasteiger partial charge on any atom is -0.411 e. The van der Waals surface area contributed by atoms with E-state index in [0.29, 0.717) is 4.32 Å². The molecule has 0 amide bonds. The number of rotatable bonds is 1. The van der Waals surface area contributed by atoms with Gasteiger partial charge in [0.25, 0.3) is 0 Å². The second kappa shape index (κ2) is 5.70. The third-order valence-electron chi connectivity index (χ3n) is 1.35. The summed E-state index contributed by atoms with van der Waals surface area (Å²) >= 11 is 9.81. The first-order valence-corrected chi connectivity index (χ1v) is 4.20. The molecule has 1 nitrogen and oxygen atoms in total. The summed E-state index contributed by atoms with van der Waals surface area (Å²) in [5, 5.41) is 0.